The SMILES string of the molecule is O=C(O)C1CCC(CNCc2ccc(Cl)cc2Cl)CC1. The van der Waals surface area contributed by atoms with Crippen LogP contribution in [0, 0.1) is 11.8 Å². The Balaban J connectivity index is 1.73. The van der Waals surface area contributed by atoms with Crippen molar-refractivity contribution in [3.05, 3.63) is 33.8 Å². The van der Waals surface area contributed by atoms with E-state index < -0.39 is 5.97 Å². The molecule has 1 saturated carbocycles. The Morgan fingerprint density at radius 3 is 2.55 bits per heavy atom. The van der Waals surface area contributed by atoms with E-state index in [4.69, 9.17) is 28.3 Å². The van der Waals surface area contributed by atoms with Crippen molar-refractivity contribution in [3.8, 4) is 0 Å². The third-order valence-electron chi connectivity index (χ3n) is 3.96. The van der Waals surface area contributed by atoms with Crippen molar-refractivity contribution in [1.29, 1.82) is 0 Å². The Hall–Kier alpha value is -0.770. The molecule has 1 aliphatic rings. The van der Waals surface area contributed by atoms with Gasteiger partial charge in [-0.25, -0.2) is 0 Å². The molecule has 0 aromatic heterocycles. The van der Waals surface area contributed by atoms with Crippen molar-refractivity contribution in [2.45, 2.75) is 32.2 Å². The van der Waals surface area contributed by atoms with Crippen molar-refractivity contribution in [3.63, 3.8) is 0 Å². The van der Waals surface area contributed by atoms with Crippen LogP contribution in [0.4, 0.5) is 0 Å². The van der Waals surface area contributed by atoms with E-state index in [2.05, 4.69) is 5.32 Å². The summed E-state index contributed by atoms with van der Waals surface area (Å²) in [4.78, 5) is 10.9. The van der Waals surface area contributed by atoms with Gasteiger partial charge in [0.25, 0.3) is 0 Å². The number of hydrogen-bond acceptors (Lipinski definition) is 2. The number of carboxylic acids is 1. The Morgan fingerprint density at radius 2 is 1.95 bits per heavy atom. The molecule has 110 valence electrons. The Kier molecular flexibility index (Phi) is 5.70. The molecule has 0 radical (unpaired) electrons. The van der Waals surface area contributed by atoms with Crippen LogP contribution in [-0.4, -0.2) is 17.6 Å². The average molecular weight is 316 g/mol. The van der Waals surface area contributed by atoms with Crippen molar-refractivity contribution >= 4 is 29.2 Å². The zero-order valence-corrected chi connectivity index (χ0v) is 12.8. The van der Waals surface area contributed by atoms with Gasteiger partial charge in [-0.05, 0) is 55.8 Å². The fraction of sp³-hybridized carbons (Fsp3) is 0.533. The Labute approximate surface area is 129 Å². The van der Waals surface area contributed by atoms with Crippen LogP contribution in [0.15, 0.2) is 18.2 Å². The van der Waals surface area contributed by atoms with Crippen LogP contribution < -0.4 is 5.32 Å². The van der Waals surface area contributed by atoms with E-state index in [0.29, 0.717) is 16.0 Å². The molecule has 0 spiro atoms. The van der Waals surface area contributed by atoms with Gasteiger partial charge in [-0.15, -0.1) is 0 Å². The topological polar surface area (TPSA) is 49.3 Å². The largest absolute Gasteiger partial charge is 0.481 e. The zero-order valence-electron chi connectivity index (χ0n) is 11.2. The molecule has 1 aromatic carbocycles. The summed E-state index contributed by atoms with van der Waals surface area (Å²) in [6, 6.07) is 5.51. The number of nitrogens with one attached hydrogen (secondary N) is 1. The first-order valence-electron chi connectivity index (χ1n) is 6.93. The van der Waals surface area contributed by atoms with Gasteiger partial charge in [0.05, 0.1) is 5.92 Å². The number of rotatable bonds is 5. The molecule has 2 N–H and O–H groups in total. The molecule has 0 bridgehead atoms. The second kappa shape index (κ2) is 7.30. The Bertz CT molecular complexity index is 471. The first-order valence-corrected chi connectivity index (χ1v) is 7.69. The minimum atomic E-state index is -0.649. The first kappa shape index (κ1) is 15.6. The summed E-state index contributed by atoms with van der Waals surface area (Å²) in [5.41, 5.74) is 1.04. The Morgan fingerprint density at radius 1 is 1.25 bits per heavy atom. The lowest BCUT2D eigenvalue weighted by molar-refractivity contribution is -0.143. The normalized spacial score (nSPS) is 22.7. The summed E-state index contributed by atoms with van der Waals surface area (Å²) in [6.45, 7) is 1.63. The highest BCUT2D eigenvalue weighted by atomic mass is 35.5. The summed E-state index contributed by atoms with van der Waals surface area (Å²) >= 11 is 12.0. The highest BCUT2D eigenvalue weighted by Crippen LogP contribution is 2.28. The summed E-state index contributed by atoms with van der Waals surface area (Å²) in [6.07, 6.45) is 3.56. The van der Waals surface area contributed by atoms with Gasteiger partial charge < -0.3 is 10.4 Å². The number of benzene rings is 1. The molecule has 0 aliphatic heterocycles. The smallest absolute Gasteiger partial charge is 0.306 e. The van der Waals surface area contributed by atoms with Crippen LogP contribution in [-0.2, 0) is 11.3 Å². The van der Waals surface area contributed by atoms with Crippen LogP contribution in [0.5, 0.6) is 0 Å². The third kappa shape index (κ3) is 4.37. The monoisotopic (exact) mass is 315 g/mol. The predicted octanol–water partition coefficient (Wildman–Crippen LogP) is 3.97. The molecule has 2 rings (SSSR count). The summed E-state index contributed by atoms with van der Waals surface area (Å²) < 4.78 is 0. The van der Waals surface area contributed by atoms with E-state index >= 15 is 0 Å². The van der Waals surface area contributed by atoms with Gasteiger partial charge >= 0.3 is 5.97 Å². The van der Waals surface area contributed by atoms with Gasteiger partial charge in [-0.3, -0.25) is 4.79 Å². The average Bonchev–Trinajstić information content (AvgIpc) is 2.42. The lowest BCUT2D eigenvalue weighted by atomic mass is 9.82. The third-order valence-corrected chi connectivity index (χ3v) is 4.55. The predicted molar refractivity (Wildman–Crippen MR) is 81.3 cm³/mol. The van der Waals surface area contributed by atoms with E-state index in [9.17, 15) is 4.79 Å². The molecule has 1 fully saturated rings. The van der Waals surface area contributed by atoms with Gasteiger partial charge in [0.1, 0.15) is 0 Å². The fourth-order valence-corrected chi connectivity index (χ4v) is 3.16. The minimum Gasteiger partial charge on any atom is -0.481 e. The molecule has 1 aliphatic carbocycles. The highest BCUT2D eigenvalue weighted by Gasteiger charge is 2.25. The van der Waals surface area contributed by atoms with Crippen molar-refractivity contribution in [2.24, 2.45) is 11.8 Å². The number of aliphatic carboxylic acids is 1. The van der Waals surface area contributed by atoms with E-state index in [-0.39, 0.29) is 5.92 Å². The maximum Gasteiger partial charge on any atom is 0.306 e. The standard InChI is InChI=1S/C15H19Cl2NO2/c16-13-6-5-12(14(17)7-13)9-18-8-10-1-3-11(4-2-10)15(19)20/h5-7,10-11,18H,1-4,8-9H2,(H,19,20). The second-order valence-electron chi connectivity index (χ2n) is 5.42. The molecule has 5 heteroatoms. The maximum absolute atomic E-state index is 10.9. The van der Waals surface area contributed by atoms with Gasteiger partial charge in [-0.1, -0.05) is 29.3 Å². The van der Waals surface area contributed by atoms with Crippen LogP contribution in [0.25, 0.3) is 0 Å². The highest BCUT2D eigenvalue weighted by molar-refractivity contribution is 6.35. The molecule has 1 aromatic rings. The molecule has 0 amide bonds. The number of hydrogen-bond donors (Lipinski definition) is 2. The number of carboxylic acid groups (broad SMARTS) is 1. The lowest BCUT2D eigenvalue weighted by Gasteiger charge is -2.26. The second-order valence-corrected chi connectivity index (χ2v) is 6.27. The van der Waals surface area contributed by atoms with Crippen LogP contribution in [0.3, 0.4) is 0 Å². The quantitative estimate of drug-likeness (QED) is 0.864. The van der Waals surface area contributed by atoms with Gasteiger partial charge in [0, 0.05) is 16.6 Å². The molecular formula is C15H19Cl2NO2. The molecule has 0 unspecified atom stereocenters. The first-order chi connectivity index (χ1) is 9.56. The maximum atomic E-state index is 10.9. The van der Waals surface area contributed by atoms with Crippen molar-refractivity contribution in [2.75, 3.05) is 6.54 Å². The van der Waals surface area contributed by atoms with Gasteiger partial charge in [-0.2, -0.15) is 0 Å². The number of carbonyl (C=O) groups is 1. The molecular weight excluding hydrogens is 297 g/mol. The minimum absolute atomic E-state index is 0.142. The lowest BCUT2D eigenvalue weighted by Crippen LogP contribution is -2.28. The molecule has 20 heavy (non-hydrogen) atoms. The van der Waals surface area contributed by atoms with Gasteiger partial charge in [0.15, 0.2) is 0 Å². The van der Waals surface area contributed by atoms with E-state index in [1.165, 1.54) is 0 Å². The fourth-order valence-electron chi connectivity index (χ4n) is 2.69. The van der Waals surface area contributed by atoms with Crippen molar-refractivity contribution in [1.82, 2.24) is 5.32 Å². The van der Waals surface area contributed by atoms with E-state index in [1.54, 1.807) is 6.07 Å². The van der Waals surface area contributed by atoms with Crippen LogP contribution >= 0.6 is 23.2 Å². The summed E-state index contributed by atoms with van der Waals surface area (Å²) in [7, 11) is 0. The van der Waals surface area contributed by atoms with E-state index in [0.717, 1.165) is 44.3 Å². The van der Waals surface area contributed by atoms with E-state index in [1.807, 2.05) is 12.1 Å². The molecule has 0 saturated heterocycles. The molecule has 0 heterocycles. The molecule has 0 atom stereocenters. The van der Waals surface area contributed by atoms with Crippen LogP contribution in [0.1, 0.15) is 31.2 Å². The zero-order chi connectivity index (χ0) is 14.5. The summed E-state index contributed by atoms with van der Waals surface area (Å²) in [5, 5.41) is 13.7. The number of halogens is 2. The van der Waals surface area contributed by atoms with Crippen LogP contribution in [0.2, 0.25) is 10.0 Å². The van der Waals surface area contributed by atoms with Gasteiger partial charge in [0.2, 0.25) is 0 Å². The van der Waals surface area contributed by atoms with Crippen molar-refractivity contribution < 1.29 is 9.90 Å². The summed E-state index contributed by atoms with van der Waals surface area (Å²) in [5.74, 6) is -0.224. The molecule has 3 nitrogen and oxygen atoms in total.